The van der Waals surface area contributed by atoms with Crippen molar-refractivity contribution in [3.8, 4) is 0 Å². The molecule has 0 spiro atoms. The van der Waals surface area contributed by atoms with Crippen molar-refractivity contribution in [1.29, 1.82) is 0 Å². The summed E-state index contributed by atoms with van der Waals surface area (Å²) in [5.74, 6) is 0.109. The molecule has 0 heterocycles. The highest BCUT2D eigenvalue weighted by atomic mass is 16.3. The summed E-state index contributed by atoms with van der Waals surface area (Å²) in [4.78, 5) is 25.4. The van der Waals surface area contributed by atoms with Crippen LogP contribution in [0.15, 0.2) is 46.3 Å². The number of allylic oxidation sites excluding steroid dienone is 7. The lowest BCUT2D eigenvalue weighted by Gasteiger charge is -2.70. The summed E-state index contributed by atoms with van der Waals surface area (Å²) in [5, 5.41) is 16.7. The number of nitrogens with one attached hydrogen (secondary N) is 2. The molecule has 2 amide bonds. The van der Waals surface area contributed by atoms with Crippen molar-refractivity contribution in [3.05, 3.63) is 46.3 Å². The summed E-state index contributed by atoms with van der Waals surface area (Å²) < 4.78 is 0. The van der Waals surface area contributed by atoms with Crippen LogP contribution in [0.25, 0.3) is 0 Å². The van der Waals surface area contributed by atoms with Crippen LogP contribution in [0.1, 0.15) is 99.8 Å². The van der Waals surface area contributed by atoms with E-state index in [4.69, 9.17) is 0 Å². The molecule has 6 atom stereocenters. The Bertz CT molecular complexity index is 1180. The minimum absolute atomic E-state index is 0.00404. The lowest BCUT2D eigenvalue weighted by molar-refractivity contribution is -0.152. The highest BCUT2D eigenvalue weighted by Crippen LogP contribution is 2.75. The number of hydrogen-bond donors (Lipinski definition) is 3. The molecule has 0 saturated heterocycles. The van der Waals surface area contributed by atoms with Gasteiger partial charge in [0.15, 0.2) is 5.76 Å². The van der Waals surface area contributed by atoms with Crippen molar-refractivity contribution in [1.82, 2.24) is 10.6 Å². The number of ketones is 1. The third kappa shape index (κ3) is 3.62. The molecule has 5 aliphatic rings. The second-order valence-electron chi connectivity index (χ2n) is 14.0. The number of aliphatic hydroxyl groups excluding tert-OH is 1. The fourth-order valence-corrected chi connectivity index (χ4v) is 9.13. The first-order valence-electron chi connectivity index (χ1n) is 14.4. The summed E-state index contributed by atoms with van der Waals surface area (Å²) in [7, 11) is 0. The summed E-state index contributed by atoms with van der Waals surface area (Å²) in [6, 6.07) is -0.0406. The number of urea groups is 1. The molecule has 5 heteroatoms. The van der Waals surface area contributed by atoms with E-state index in [1.165, 1.54) is 12.0 Å². The van der Waals surface area contributed by atoms with E-state index in [-0.39, 0.29) is 44.8 Å². The lowest BCUT2D eigenvalue weighted by atomic mass is 9.35. The topological polar surface area (TPSA) is 78.4 Å². The van der Waals surface area contributed by atoms with E-state index in [1.807, 2.05) is 6.92 Å². The van der Waals surface area contributed by atoms with Crippen LogP contribution in [0.3, 0.4) is 0 Å². The first-order valence-corrected chi connectivity index (χ1v) is 14.4. The van der Waals surface area contributed by atoms with E-state index >= 15 is 0 Å². The Kier molecular flexibility index (Phi) is 5.94. The third-order valence-corrected chi connectivity index (χ3v) is 11.8. The predicted octanol–water partition coefficient (Wildman–Crippen LogP) is 7.07. The smallest absolute Gasteiger partial charge is 0.315 e. The quantitative estimate of drug-likeness (QED) is 0.383. The van der Waals surface area contributed by atoms with Crippen LogP contribution in [0, 0.1) is 27.6 Å². The first kappa shape index (κ1) is 26.3. The Hall–Kier alpha value is -2.30. The second kappa shape index (κ2) is 8.35. The van der Waals surface area contributed by atoms with Crippen molar-refractivity contribution < 1.29 is 14.7 Å². The Morgan fingerprint density at radius 2 is 1.73 bits per heavy atom. The van der Waals surface area contributed by atoms with Crippen molar-refractivity contribution in [2.75, 3.05) is 6.54 Å². The molecule has 0 aromatic heterocycles. The molecule has 0 unspecified atom stereocenters. The molecule has 5 nitrogen and oxygen atoms in total. The number of rotatable bonds is 3. The number of hydrogen-bond acceptors (Lipinski definition) is 3. The highest BCUT2D eigenvalue weighted by Gasteiger charge is 2.66. The molecule has 5 aliphatic carbocycles. The molecule has 3 saturated carbocycles. The second-order valence-corrected chi connectivity index (χ2v) is 14.0. The van der Waals surface area contributed by atoms with Gasteiger partial charge in [-0.3, -0.25) is 4.79 Å². The SMILES string of the molecule is CCCNC(=O)N[C@]1(C)CC[C@]2(C)CC[C@]3(C)C4=CC=C5C(=CC(=O)C(O)=C5C)[C@]4(C)CC[C@@]3(C)[C@@H]2C1. The van der Waals surface area contributed by atoms with E-state index in [0.717, 1.165) is 56.1 Å². The summed E-state index contributed by atoms with van der Waals surface area (Å²) in [5.41, 5.74) is 4.19. The van der Waals surface area contributed by atoms with Crippen molar-refractivity contribution in [3.63, 3.8) is 0 Å². The first-order chi connectivity index (χ1) is 17.2. The summed E-state index contributed by atoms with van der Waals surface area (Å²) in [6.45, 7) is 16.7. The minimum Gasteiger partial charge on any atom is -0.504 e. The van der Waals surface area contributed by atoms with Gasteiger partial charge in [-0.25, -0.2) is 4.79 Å². The van der Waals surface area contributed by atoms with Crippen LogP contribution in [-0.2, 0) is 4.79 Å². The minimum atomic E-state index is -0.266. The molecule has 0 aromatic rings. The van der Waals surface area contributed by atoms with Crippen molar-refractivity contribution in [2.24, 2.45) is 27.6 Å². The zero-order valence-corrected chi connectivity index (χ0v) is 23.9. The molecule has 3 N–H and O–H groups in total. The predicted molar refractivity (Wildman–Crippen MR) is 148 cm³/mol. The molecule has 202 valence electrons. The van der Waals surface area contributed by atoms with Gasteiger partial charge in [0.1, 0.15) is 0 Å². The highest BCUT2D eigenvalue weighted by molar-refractivity contribution is 6.06. The summed E-state index contributed by atoms with van der Waals surface area (Å²) in [6.07, 6.45) is 14.7. The Labute approximate surface area is 222 Å². The zero-order valence-electron chi connectivity index (χ0n) is 23.9. The molecule has 5 rings (SSSR count). The number of aliphatic hydroxyl groups is 1. The van der Waals surface area contributed by atoms with Crippen molar-refractivity contribution >= 4 is 11.8 Å². The van der Waals surface area contributed by atoms with Gasteiger partial charge in [-0.2, -0.15) is 0 Å². The average Bonchev–Trinajstić information content (AvgIpc) is 2.84. The number of carbonyl (C=O) groups is 2. The molecule has 0 aliphatic heterocycles. The van der Waals surface area contributed by atoms with Gasteiger partial charge in [0, 0.05) is 23.1 Å². The van der Waals surface area contributed by atoms with Gasteiger partial charge in [-0.05, 0) is 105 Å². The monoisotopic (exact) mass is 506 g/mol. The van der Waals surface area contributed by atoms with Gasteiger partial charge >= 0.3 is 6.03 Å². The number of fused-ring (bicyclic) bond motifs is 7. The third-order valence-electron chi connectivity index (χ3n) is 11.8. The van der Waals surface area contributed by atoms with Crippen LogP contribution in [-0.4, -0.2) is 29.0 Å². The fourth-order valence-electron chi connectivity index (χ4n) is 9.13. The van der Waals surface area contributed by atoms with Crippen LogP contribution in [0.5, 0.6) is 0 Å². The van der Waals surface area contributed by atoms with E-state index < -0.39 is 0 Å². The number of carbonyl (C=O) groups excluding carboxylic acids is 2. The molecular formula is C32H46N2O3. The van der Waals surface area contributed by atoms with E-state index in [0.29, 0.717) is 18.0 Å². The van der Waals surface area contributed by atoms with Crippen molar-refractivity contribution in [2.45, 2.75) is 105 Å². The summed E-state index contributed by atoms with van der Waals surface area (Å²) >= 11 is 0. The maximum absolute atomic E-state index is 12.7. The molecule has 3 fully saturated rings. The van der Waals surface area contributed by atoms with Gasteiger partial charge in [-0.15, -0.1) is 0 Å². The van der Waals surface area contributed by atoms with Gasteiger partial charge in [-0.1, -0.05) is 52.3 Å². The largest absolute Gasteiger partial charge is 0.504 e. The molecule has 37 heavy (non-hydrogen) atoms. The van der Waals surface area contributed by atoms with Crippen LogP contribution >= 0.6 is 0 Å². The molecule has 0 bridgehead atoms. The van der Waals surface area contributed by atoms with E-state index in [1.54, 1.807) is 6.08 Å². The van der Waals surface area contributed by atoms with E-state index in [9.17, 15) is 14.7 Å². The van der Waals surface area contributed by atoms with Gasteiger partial charge < -0.3 is 15.7 Å². The normalized spacial score (nSPS) is 42.8. The Balaban J connectivity index is 1.53. The van der Waals surface area contributed by atoms with Gasteiger partial charge in [0.2, 0.25) is 5.78 Å². The Morgan fingerprint density at radius 3 is 2.43 bits per heavy atom. The fraction of sp³-hybridized carbons (Fsp3) is 0.688. The average molecular weight is 507 g/mol. The van der Waals surface area contributed by atoms with Gasteiger partial charge in [0.05, 0.1) is 0 Å². The Morgan fingerprint density at radius 1 is 1.03 bits per heavy atom. The molecule has 0 aromatic carbocycles. The van der Waals surface area contributed by atoms with Crippen LogP contribution < -0.4 is 10.6 Å². The van der Waals surface area contributed by atoms with Crippen LogP contribution in [0.4, 0.5) is 4.79 Å². The lowest BCUT2D eigenvalue weighted by Crippen LogP contribution is -2.64. The molecule has 0 radical (unpaired) electrons. The van der Waals surface area contributed by atoms with Gasteiger partial charge in [0.25, 0.3) is 0 Å². The standard InChI is InChI=1S/C32H46N2O3/c1-8-17-33-27(37)34-29(4)13-11-28(3)12-15-31(6)24-10-9-21-20(2)26(36)23(35)18-22(21)30(24,5)14-16-32(31,7)25(28)19-29/h9-10,18,25,36H,8,11-17,19H2,1-7H3,(H2,33,34,37)/t25-,28-,29-,30+,31-,32+/m1/s1. The number of amides is 2. The zero-order chi connectivity index (χ0) is 27.0. The van der Waals surface area contributed by atoms with E-state index in [2.05, 4.69) is 64.3 Å². The maximum Gasteiger partial charge on any atom is 0.315 e. The maximum atomic E-state index is 12.7. The van der Waals surface area contributed by atoms with Crippen LogP contribution in [0.2, 0.25) is 0 Å². The molecular weight excluding hydrogens is 460 g/mol.